The first kappa shape index (κ1) is 22.8. The van der Waals surface area contributed by atoms with E-state index in [1.54, 1.807) is 13.1 Å². The highest BCUT2D eigenvalue weighted by Gasteiger charge is 2.11. The van der Waals surface area contributed by atoms with Crippen molar-refractivity contribution >= 4 is 41.5 Å². The molecule has 0 bridgehead atoms. The van der Waals surface area contributed by atoms with E-state index in [9.17, 15) is 4.79 Å². The molecule has 2 aromatic carbocycles. The summed E-state index contributed by atoms with van der Waals surface area (Å²) in [6.07, 6.45) is 0.870. The summed E-state index contributed by atoms with van der Waals surface area (Å²) in [4.78, 5) is 16.4. The molecule has 0 spiro atoms. The summed E-state index contributed by atoms with van der Waals surface area (Å²) in [5.41, 5.74) is 2.57. The third-order valence-electron chi connectivity index (χ3n) is 4.22. The van der Waals surface area contributed by atoms with Crippen LogP contribution in [0.4, 0.5) is 5.69 Å². The number of hydrogen-bond donors (Lipinski definition) is 3. The number of ether oxygens (including phenoxy) is 2. The van der Waals surface area contributed by atoms with Crippen molar-refractivity contribution in [2.75, 3.05) is 38.7 Å². The molecule has 7 nitrogen and oxygen atoms in total. The summed E-state index contributed by atoms with van der Waals surface area (Å²) >= 11 is 0. The summed E-state index contributed by atoms with van der Waals surface area (Å²) in [6.45, 7) is 4.30. The van der Waals surface area contributed by atoms with Crippen LogP contribution >= 0.6 is 24.0 Å². The van der Waals surface area contributed by atoms with Crippen molar-refractivity contribution < 1.29 is 14.3 Å². The van der Waals surface area contributed by atoms with Gasteiger partial charge in [-0.25, -0.2) is 0 Å². The molecular formula is C21H27IN4O3. The topological polar surface area (TPSA) is 84.0 Å². The van der Waals surface area contributed by atoms with E-state index < -0.39 is 0 Å². The number of benzene rings is 2. The number of hydrogen-bond acceptors (Lipinski definition) is 4. The zero-order valence-electron chi connectivity index (χ0n) is 16.7. The molecule has 0 aromatic heterocycles. The van der Waals surface area contributed by atoms with Crippen molar-refractivity contribution in [3.63, 3.8) is 0 Å². The fraction of sp³-hybridized carbons (Fsp3) is 0.333. The fourth-order valence-electron chi connectivity index (χ4n) is 2.80. The largest absolute Gasteiger partial charge is 0.490 e. The zero-order chi connectivity index (χ0) is 19.8. The number of nitrogens with zero attached hydrogens (tertiary/aromatic N) is 1. The van der Waals surface area contributed by atoms with Crippen molar-refractivity contribution in [2.24, 2.45) is 4.99 Å². The van der Waals surface area contributed by atoms with Crippen molar-refractivity contribution in [3.8, 4) is 11.5 Å². The number of rotatable bonds is 5. The molecule has 3 rings (SSSR count). The third kappa shape index (κ3) is 6.81. The highest BCUT2D eigenvalue weighted by molar-refractivity contribution is 14.0. The Balaban J connectivity index is 0.00000300. The summed E-state index contributed by atoms with van der Waals surface area (Å²) in [6, 6.07) is 13.2. The number of anilines is 1. The molecule has 2 aromatic rings. The summed E-state index contributed by atoms with van der Waals surface area (Å²) in [5, 5.41) is 9.29. The van der Waals surface area contributed by atoms with Crippen LogP contribution in [0.25, 0.3) is 0 Å². The lowest BCUT2D eigenvalue weighted by Gasteiger charge is -2.14. The van der Waals surface area contributed by atoms with Crippen LogP contribution in [-0.2, 0) is 0 Å². The molecule has 1 amide bonds. The van der Waals surface area contributed by atoms with E-state index in [1.807, 2.05) is 43.3 Å². The van der Waals surface area contributed by atoms with Gasteiger partial charge < -0.3 is 25.4 Å². The molecular weight excluding hydrogens is 483 g/mol. The van der Waals surface area contributed by atoms with Crippen LogP contribution in [-0.4, -0.2) is 45.2 Å². The molecule has 0 atom stereocenters. The molecule has 0 unspecified atom stereocenters. The number of aryl methyl sites for hydroxylation is 1. The predicted octanol–water partition coefficient (Wildman–Crippen LogP) is 3.19. The van der Waals surface area contributed by atoms with Gasteiger partial charge >= 0.3 is 0 Å². The van der Waals surface area contributed by atoms with Gasteiger partial charge in [-0.05, 0) is 31.2 Å². The Morgan fingerprint density at radius 1 is 1.03 bits per heavy atom. The number of fused-ring (bicyclic) bond motifs is 1. The second-order valence-corrected chi connectivity index (χ2v) is 6.46. The molecule has 8 heteroatoms. The van der Waals surface area contributed by atoms with E-state index >= 15 is 0 Å². The van der Waals surface area contributed by atoms with Crippen molar-refractivity contribution in [1.82, 2.24) is 10.6 Å². The van der Waals surface area contributed by atoms with Crippen LogP contribution in [0.15, 0.2) is 47.5 Å². The van der Waals surface area contributed by atoms with E-state index in [-0.39, 0.29) is 29.9 Å². The average molecular weight is 510 g/mol. The van der Waals surface area contributed by atoms with Crippen molar-refractivity contribution in [3.05, 3.63) is 53.6 Å². The minimum atomic E-state index is -0.0867. The number of guanidine groups is 1. The maximum atomic E-state index is 12.2. The Bertz CT molecular complexity index is 858. The SMILES string of the molecule is CN=C(NCCNC(=O)c1cccc(C)c1)Nc1ccc2c(c1)OCCCO2.I. The van der Waals surface area contributed by atoms with Crippen molar-refractivity contribution in [2.45, 2.75) is 13.3 Å². The van der Waals surface area contributed by atoms with Gasteiger partial charge in [0.15, 0.2) is 17.5 Å². The average Bonchev–Trinajstić information content (AvgIpc) is 2.95. The first-order valence-electron chi connectivity index (χ1n) is 9.38. The van der Waals surface area contributed by atoms with E-state index in [2.05, 4.69) is 20.9 Å². The monoisotopic (exact) mass is 510 g/mol. The fourth-order valence-corrected chi connectivity index (χ4v) is 2.80. The quantitative estimate of drug-likeness (QED) is 0.249. The van der Waals surface area contributed by atoms with Gasteiger partial charge in [0.05, 0.1) is 13.2 Å². The third-order valence-corrected chi connectivity index (χ3v) is 4.22. The number of carbonyl (C=O) groups is 1. The Kier molecular flexibility index (Phi) is 9.04. The molecule has 29 heavy (non-hydrogen) atoms. The highest BCUT2D eigenvalue weighted by Crippen LogP contribution is 2.32. The number of aliphatic imine (C=N–C) groups is 1. The minimum Gasteiger partial charge on any atom is -0.490 e. The first-order valence-corrected chi connectivity index (χ1v) is 9.38. The predicted molar refractivity (Wildman–Crippen MR) is 126 cm³/mol. The number of halogens is 1. The van der Waals surface area contributed by atoms with Crippen LogP contribution in [0.1, 0.15) is 22.3 Å². The summed E-state index contributed by atoms with van der Waals surface area (Å²) in [7, 11) is 1.70. The molecule has 0 fully saturated rings. The van der Waals surface area contributed by atoms with Gasteiger partial charge in [-0.2, -0.15) is 0 Å². The van der Waals surface area contributed by atoms with Gasteiger partial charge in [-0.3, -0.25) is 9.79 Å². The van der Waals surface area contributed by atoms with E-state index in [0.717, 1.165) is 29.2 Å². The second-order valence-electron chi connectivity index (χ2n) is 6.46. The van der Waals surface area contributed by atoms with E-state index in [0.29, 0.717) is 37.8 Å². The Morgan fingerprint density at radius 3 is 2.55 bits per heavy atom. The normalized spacial score (nSPS) is 13.0. The molecule has 156 valence electrons. The lowest BCUT2D eigenvalue weighted by atomic mass is 10.1. The molecule has 1 aliphatic rings. The standard InChI is InChI=1S/C21H26N4O3.HI/c1-15-5-3-6-16(13-15)20(26)23-9-10-24-21(22-2)25-17-7-8-18-19(14-17)28-12-4-11-27-18;/h3,5-8,13-14H,4,9-12H2,1-2H3,(H,23,26)(H2,22,24,25);1H. The number of nitrogens with one attached hydrogen (secondary N) is 3. The second kappa shape index (κ2) is 11.5. The molecule has 0 radical (unpaired) electrons. The Hall–Kier alpha value is -2.49. The molecule has 1 heterocycles. The van der Waals surface area contributed by atoms with Gasteiger partial charge in [-0.15, -0.1) is 24.0 Å². The van der Waals surface area contributed by atoms with Crippen LogP contribution in [0.2, 0.25) is 0 Å². The van der Waals surface area contributed by atoms with Crippen LogP contribution in [0.5, 0.6) is 11.5 Å². The smallest absolute Gasteiger partial charge is 0.251 e. The minimum absolute atomic E-state index is 0. The van der Waals surface area contributed by atoms with Gasteiger partial charge in [0.1, 0.15) is 0 Å². The van der Waals surface area contributed by atoms with Gasteiger partial charge in [-0.1, -0.05) is 17.7 Å². The van der Waals surface area contributed by atoms with Crippen LogP contribution < -0.4 is 25.4 Å². The maximum absolute atomic E-state index is 12.2. The summed E-state index contributed by atoms with van der Waals surface area (Å²) < 4.78 is 11.3. The van der Waals surface area contributed by atoms with Gasteiger partial charge in [0, 0.05) is 43.9 Å². The molecule has 3 N–H and O–H groups in total. The van der Waals surface area contributed by atoms with Crippen LogP contribution in [0.3, 0.4) is 0 Å². The Labute approximate surface area is 188 Å². The van der Waals surface area contributed by atoms with Crippen molar-refractivity contribution in [1.29, 1.82) is 0 Å². The summed E-state index contributed by atoms with van der Waals surface area (Å²) in [5.74, 6) is 2.00. The molecule has 0 saturated heterocycles. The Morgan fingerprint density at radius 2 is 1.79 bits per heavy atom. The van der Waals surface area contributed by atoms with Crippen LogP contribution in [0, 0.1) is 6.92 Å². The first-order chi connectivity index (χ1) is 13.7. The highest BCUT2D eigenvalue weighted by atomic mass is 127. The molecule has 1 aliphatic heterocycles. The maximum Gasteiger partial charge on any atom is 0.251 e. The van der Waals surface area contributed by atoms with E-state index in [4.69, 9.17) is 9.47 Å². The zero-order valence-corrected chi connectivity index (χ0v) is 19.0. The molecule has 0 saturated carbocycles. The lowest BCUT2D eigenvalue weighted by Crippen LogP contribution is -2.37. The number of amides is 1. The lowest BCUT2D eigenvalue weighted by molar-refractivity contribution is 0.0954. The molecule has 0 aliphatic carbocycles. The van der Waals surface area contributed by atoms with Gasteiger partial charge in [0.25, 0.3) is 5.91 Å². The number of carbonyl (C=O) groups excluding carboxylic acids is 1. The van der Waals surface area contributed by atoms with E-state index in [1.165, 1.54) is 0 Å². The van der Waals surface area contributed by atoms with Gasteiger partial charge in [0.2, 0.25) is 0 Å².